The van der Waals surface area contributed by atoms with Crippen LogP contribution in [0.25, 0.3) is 10.9 Å². The van der Waals surface area contributed by atoms with Crippen molar-refractivity contribution in [2.75, 3.05) is 0 Å². The Labute approximate surface area is 122 Å². The van der Waals surface area contributed by atoms with Crippen molar-refractivity contribution in [3.05, 3.63) is 65.9 Å². The first-order chi connectivity index (χ1) is 10.2. The molecule has 21 heavy (non-hydrogen) atoms. The summed E-state index contributed by atoms with van der Waals surface area (Å²) < 4.78 is 7.93. The van der Waals surface area contributed by atoms with Crippen molar-refractivity contribution in [3.8, 4) is 5.75 Å². The van der Waals surface area contributed by atoms with Crippen molar-refractivity contribution >= 4 is 16.8 Å². The van der Waals surface area contributed by atoms with E-state index in [1.165, 1.54) is 0 Å². The SMILES string of the molecule is Cn1ccc2cccc(OCc3ccccc3C(N)=O)c21. The molecule has 4 heteroatoms. The monoisotopic (exact) mass is 280 g/mol. The molecule has 1 amide bonds. The van der Waals surface area contributed by atoms with Gasteiger partial charge in [-0.1, -0.05) is 30.3 Å². The molecule has 0 saturated heterocycles. The number of para-hydroxylation sites is 1. The van der Waals surface area contributed by atoms with E-state index in [0.29, 0.717) is 12.2 Å². The minimum absolute atomic E-state index is 0.309. The molecule has 0 aliphatic rings. The third kappa shape index (κ3) is 2.48. The number of ether oxygens (including phenoxy) is 1. The number of carbonyl (C=O) groups is 1. The second kappa shape index (κ2) is 5.32. The number of aryl methyl sites for hydroxylation is 1. The average molecular weight is 280 g/mol. The lowest BCUT2D eigenvalue weighted by Gasteiger charge is -2.11. The summed E-state index contributed by atoms with van der Waals surface area (Å²) in [6, 6.07) is 15.2. The highest BCUT2D eigenvalue weighted by atomic mass is 16.5. The maximum Gasteiger partial charge on any atom is 0.249 e. The summed E-state index contributed by atoms with van der Waals surface area (Å²) in [4.78, 5) is 11.4. The van der Waals surface area contributed by atoms with Crippen molar-refractivity contribution in [3.63, 3.8) is 0 Å². The second-order valence-electron chi connectivity index (χ2n) is 4.93. The Morgan fingerprint density at radius 1 is 1.14 bits per heavy atom. The van der Waals surface area contributed by atoms with E-state index in [1.807, 2.05) is 54.2 Å². The van der Waals surface area contributed by atoms with E-state index in [4.69, 9.17) is 10.5 Å². The lowest BCUT2D eigenvalue weighted by molar-refractivity contribution is 0.0998. The van der Waals surface area contributed by atoms with Crippen LogP contribution in [0, 0.1) is 0 Å². The number of nitrogens with zero attached hydrogens (tertiary/aromatic N) is 1. The Bertz CT molecular complexity index is 805. The van der Waals surface area contributed by atoms with Crippen molar-refractivity contribution in [1.29, 1.82) is 0 Å². The third-order valence-electron chi connectivity index (χ3n) is 3.53. The largest absolute Gasteiger partial charge is 0.487 e. The number of benzene rings is 2. The van der Waals surface area contributed by atoms with Gasteiger partial charge in [0.1, 0.15) is 12.4 Å². The molecule has 1 aromatic heterocycles. The molecule has 1 heterocycles. The molecular formula is C17H16N2O2. The topological polar surface area (TPSA) is 57.2 Å². The van der Waals surface area contributed by atoms with Crippen LogP contribution in [0.3, 0.4) is 0 Å². The number of hydrogen-bond acceptors (Lipinski definition) is 2. The third-order valence-corrected chi connectivity index (χ3v) is 3.53. The number of rotatable bonds is 4. The highest BCUT2D eigenvalue weighted by molar-refractivity contribution is 5.94. The van der Waals surface area contributed by atoms with Crippen molar-refractivity contribution in [2.24, 2.45) is 12.8 Å². The summed E-state index contributed by atoms with van der Waals surface area (Å²) in [5.41, 5.74) is 7.70. The molecule has 0 saturated carbocycles. The molecule has 0 atom stereocenters. The van der Waals surface area contributed by atoms with Crippen LogP contribution < -0.4 is 10.5 Å². The van der Waals surface area contributed by atoms with Crippen molar-refractivity contribution < 1.29 is 9.53 Å². The van der Waals surface area contributed by atoms with E-state index in [9.17, 15) is 4.79 Å². The van der Waals surface area contributed by atoms with Crippen LogP contribution in [0.4, 0.5) is 0 Å². The number of primary amides is 1. The fourth-order valence-corrected chi connectivity index (χ4v) is 2.48. The minimum atomic E-state index is -0.439. The number of fused-ring (bicyclic) bond motifs is 1. The number of aromatic nitrogens is 1. The summed E-state index contributed by atoms with van der Waals surface area (Å²) in [6.07, 6.45) is 1.99. The Hall–Kier alpha value is -2.75. The van der Waals surface area contributed by atoms with Crippen molar-refractivity contribution in [2.45, 2.75) is 6.61 Å². The van der Waals surface area contributed by atoms with Gasteiger partial charge in [-0.3, -0.25) is 4.79 Å². The molecule has 2 N–H and O–H groups in total. The van der Waals surface area contributed by atoms with Gasteiger partial charge in [0.05, 0.1) is 5.52 Å². The smallest absolute Gasteiger partial charge is 0.249 e. The molecule has 3 rings (SSSR count). The Balaban J connectivity index is 1.91. The number of hydrogen-bond donors (Lipinski definition) is 1. The van der Waals surface area contributed by atoms with Gasteiger partial charge in [0.25, 0.3) is 0 Å². The van der Waals surface area contributed by atoms with Gasteiger partial charge >= 0.3 is 0 Å². The summed E-state index contributed by atoms with van der Waals surface area (Å²) in [6.45, 7) is 0.309. The molecule has 3 aromatic rings. The first kappa shape index (κ1) is 13.2. The zero-order chi connectivity index (χ0) is 14.8. The predicted octanol–water partition coefficient (Wildman–Crippen LogP) is 2.86. The lowest BCUT2D eigenvalue weighted by Crippen LogP contribution is -2.14. The second-order valence-corrected chi connectivity index (χ2v) is 4.93. The maximum atomic E-state index is 11.4. The molecule has 4 nitrogen and oxygen atoms in total. The molecule has 106 valence electrons. The predicted molar refractivity (Wildman–Crippen MR) is 82.2 cm³/mol. The van der Waals surface area contributed by atoms with Gasteiger partial charge in [0.15, 0.2) is 0 Å². The van der Waals surface area contributed by atoms with E-state index < -0.39 is 5.91 Å². The van der Waals surface area contributed by atoms with Crippen LogP contribution >= 0.6 is 0 Å². The zero-order valence-corrected chi connectivity index (χ0v) is 11.7. The van der Waals surface area contributed by atoms with Gasteiger partial charge in [0.2, 0.25) is 5.91 Å². The molecule has 0 aliphatic carbocycles. The van der Waals surface area contributed by atoms with Crippen LogP contribution in [-0.4, -0.2) is 10.5 Å². The summed E-state index contributed by atoms with van der Waals surface area (Å²) >= 11 is 0. The van der Waals surface area contributed by atoms with Gasteiger partial charge in [-0.05, 0) is 18.2 Å². The first-order valence-electron chi connectivity index (χ1n) is 6.71. The normalized spacial score (nSPS) is 10.7. The lowest BCUT2D eigenvalue weighted by atomic mass is 10.1. The first-order valence-corrected chi connectivity index (χ1v) is 6.71. The Morgan fingerprint density at radius 3 is 2.76 bits per heavy atom. The Morgan fingerprint density at radius 2 is 1.95 bits per heavy atom. The maximum absolute atomic E-state index is 11.4. The molecule has 0 unspecified atom stereocenters. The van der Waals surface area contributed by atoms with E-state index in [0.717, 1.165) is 22.2 Å². The van der Waals surface area contributed by atoms with Gasteiger partial charge in [-0.15, -0.1) is 0 Å². The van der Waals surface area contributed by atoms with E-state index in [1.54, 1.807) is 12.1 Å². The molecule has 0 aliphatic heterocycles. The van der Waals surface area contributed by atoms with E-state index in [-0.39, 0.29) is 0 Å². The fraction of sp³-hybridized carbons (Fsp3) is 0.118. The summed E-state index contributed by atoms with van der Waals surface area (Å²) in [7, 11) is 1.98. The van der Waals surface area contributed by atoms with Crippen LogP contribution in [0.5, 0.6) is 5.75 Å². The van der Waals surface area contributed by atoms with Gasteiger partial charge in [0, 0.05) is 29.8 Å². The minimum Gasteiger partial charge on any atom is -0.487 e. The number of amides is 1. The zero-order valence-electron chi connectivity index (χ0n) is 11.7. The Kier molecular flexibility index (Phi) is 3.36. The highest BCUT2D eigenvalue weighted by Gasteiger charge is 2.10. The molecular weight excluding hydrogens is 264 g/mol. The van der Waals surface area contributed by atoms with Crippen molar-refractivity contribution in [1.82, 2.24) is 4.57 Å². The van der Waals surface area contributed by atoms with Crippen LogP contribution in [0.1, 0.15) is 15.9 Å². The van der Waals surface area contributed by atoms with Crippen LogP contribution in [-0.2, 0) is 13.7 Å². The quantitative estimate of drug-likeness (QED) is 0.799. The van der Waals surface area contributed by atoms with Gasteiger partial charge in [-0.2, -0.15) is 0 Å². The van der Waals surface area contributed by atoms with Crippen LogP contribution in [0.15, 0.2) is 54.7 Å². The molecule has 0 fully saturated rings. The van der Waals surface area contributed by atoms with Gasteiger partial charge < -0.3 is 15.0 Å². The van der Waals surface area contributed by atoms with E-state index >= 15 is 0 Å². The number of nitrogens with two attached hydrogens (primary N) is 1. The highest BCUT2D eigenvalue weighted by Crippen LogP contribution is 2.26. The summed E-state index contributed by atoms with van der Waals surface area (Å²) in [5, 5.41) is 1.12. The standard InChI is InChI=1S/C17H16N2O2/c1-19-10-9-12-6-4-8-15(16(12)19)21-11-13-5-2-3-7-14(13)17(18)20/h2-10H,11H2,1H3,(H2,18,20). The molecule has 0 bridgehead atoms. The molecule has 2 aromatic carbocycles. The molecule has 0 radical (unpaired) electrons. The van der Waals surface area contributed by atoms with Crippen LogP contribution in [0.2, 0.25) is 0 Å². The number of carbonyl (C=O) groups excluding carboxylic acids is 1. The van der Waals surface area contributed by atoms with E-state index in [2.05, 4.69) is 0 Å². The summed E-state index contributed by atoms with van der Waals surface area (Å²) in [5.74, 6) is 0.352. The van der Waals surface area contributed by atoms with Gasteiger partial charge in [-0.25, -0.2) is 0 Å². The fourth-order valence-electron chi connectivity index (χ4n) is 2.48. The molecule has 0 spiro atoms. The average Bonchev–Trinajstić information content (AvgIpc) is 2.87.